The Hall–Kier alpha value is -2.46. The molecule has 3 aliphatic heterocycles. The summed E-state index contributed by atoms with van der Waals surface area (Å²) in [5, 5.41) is 20.8. The molecule has 3 saturated heterocycles. The monoisotopic (exact) mass is 459 g/mol. The van der Waals surface area contributed by atoms with E-state index in [4.69, 9.17) is 4.74 Å². The molecule has 0 spiro atoms. The third kappa shape index (κ3) is 3.73. The van der Waals surface area contributed by atoms with Crippen LogP contribution in [-0.2, 0) is 31.8 Å². The number of nitrogens with zero attached hydrogens (tertiary/aromatic N) is 3. The van der Waals surface area contributed by atoms with Crippen LogP contribution in [0.5, 0.6) is 0 Å². The first-order valence-corrected chi connectivity index (χ1v) is 12.0. The average molecular weight is 460 g/mol. The van der Waals surface area contributed by atoms with E-state index in [1.54, 1.807) is 29.0 Å². The summed E-state index contributed by atoms with van der Waals surface area (Å²) in [6, 6.07) is -0.553. The van der Waals surface area contributed by atoms with Crippen LogP contribution in [0.4, 0.5) is 0 Å². The van der Waals surface area contributed by atoms with Crippen LogP contribution in [-0.4, -0.2) is 75.9 Å². The summed E-state index contributed by atoms with van der Waals surface area (Å²) >= 11 is 0. The first-order valence-electron chi connectivity index (χ1n) is 12.0. The largest absolute Gasteiger partial charge is 0.389 e. The molecule has 1 aromatic heterocycles. The number of amides is 3. The fourth-order valence-electron chi connectivity index (χ4n) is 6.06. The Balaban J connectivity index is 1.27. The molecule has 1 aromatic rings. The van der Waals surface area contributed by atoms with Crippen LogP contribution in [0.2, 0.25) is 0 Å². The molecule has 4 fully saturated rings. The Kier molecular flexibility index (Phi) is 5.68. The molecule has 33 heavy (non-hydrogen) atoms. The van der Waals surface area contributed by atoms with Gasteiger partial charge in [-0.1, -0.05) is 6.42 Å². The minimum absolute atomic E-state index is 0.0456. The highest BCUT2D eigenvalue weighted by Gasteiger charge is 2.54. The van der Waals surface area contributed by atoms with Crippen molar-refractivity contribution in [2.75, 3.05) is 26.2 Å². The molecule has 10 nitrogen and oxygen atoms in total. The van der Waals surface area contributed by atoms with Crippen molar-refractivity contribution in [2.45, 2.75) is 62.7 Å². The van der Waals surface area contributed by atoms with Gasteiger partial charge in [-0.05, 0) is 38.0 Å². The number of rotatable bonds is 5. The molecule has 0 radical (unpaired) electrons. The molecule has 0 aromatic carbocycles. The highest BCUT2D eigenvalue weighted by atomic mass is 16.5. The van der Waals surface area contributed by atoms with Crippen molar-refractivity contribution >= 4 is 17.7 Å². The van der Waals surface area contributed by atoms with Crippen LogP contribution in [0.15, 0.2) is 12.4 Å². The highest BCUT2D eigenvalue weighted by molar-refractivity contribution is 5.88. The van der Waals surface area contributed by atoms with Gasteiger partial charge in [0.05, 0.1) is 23.8 Å². The van der Waals surface area contributed by atoms with Crippen molar-refractivity contribution in [1.82, 2.24) is 25.3 Å². The van der Waals surface area contributed by atoms with Crippen molar-refractivity contribution < 1.29 is 24.2 Å². The molecule has 4 heterocycles. The summed E-state index contributed by atoms with van der Waals surface area (Å²) in [6.45, 7) is 1.49. The number of aliphatic hydroxyl groups excluding tert-OH is 1. The number of hydrogen-bond donors (Lipinski definition) is 3. The predicted molar refractivity (Wildman–Crippen MR) is 117 cm³/mol. The van der Waals surface area contributed by atoms with Crippen LogP contribution in [0, 0.1) is 11.3 Å². The first kappa shape index (κ1) is 22.3. The fraction of sp³-hybridized carbons (Fsp3) is 0.739. The number of aryl methyl sites for hydroxylation is 1. The number of β-amino-alcohol motifs (C(OH)–C–C–N with tert-alkyl or cyclic N) is 1. The van der Waals surface area contributed by atoms with Crippen LogP contribution in [0.1, 0.15) is 50.5 Å². The molecule has 2 unspecified atom stereocenters. The van der Waals surface area contributed by atoms with E-state index in [-0.39, 0.29) is 36.7 Å². The van der Waals surface area contributed by atoms with Gasteiger partial charge in [-0.15, -0.1) is 0 Å². The SMILES string of the molecule is Cn1cc(C2(C(=O)N[C@@H]3CN(C(=O)C4(C5CCC(=O)NC5)CCC4)C[C@H]3O)CCCO2)cn1. The van der Waals surface area contributed by atoms with E-state index in [1.807, 2.05) is 0 Å². The molecule has 3 amide bonds. The highest BCUT2D eigenvalue weighted by Crippen LogP contribution is 2.51. The average Bonchev–Trinajstić information content (AvgIpc) is 3.49. The maximum Gasteiger partial charge on any atom is 0.257 e. The van der Waals surface area contributed by atoms with Gasteiger partial charge in [-0.2, -0.15) is 5.10 Å². The number of aromatic nitrogens is 2. The Morgan fingerprint density at radius 2 is 2.09 bits per heavy atom. The van der Waals surface area contributed by atoms with E-state index in [2.05, 4.69) is 15.7 Å². The first-order chi connectivity index (χ1) is 15.8. The minimum Gasteiger partial charge on any atom is -0.389 e. The fourth-order valence-corrected chi connectivity index (χ4v) is 6.06. The topological polar surface area (TPSA) is 126 Å². The molecule has 180 valence electrons. The van der Waals surface area contributed by atoms with E-state index in [1.165, 1.54) is 0 Å². The van der Waals surface area contributed by atoms with Gasteiger partial charge < -0.3 is 25.4 Å². The summed E-state index contributed by atoms with van der Waals surface area (Å²) < 4.78 is 7.57. The van der Waals surface area contributed by atoms with Gasteiger partial charge in [0.25, 0.3) is 5.91 Å². The Morgan fingerprint density at radius 3 is 2.67 bits per heavy atom. The summed E-state index contributed by atoms with van der Waals surface area (Å²) in [5.41, 5.74) is -0.869. The van der Waals surface area contributed by atoms with Crippen molar-refractivity contribution in [1.29, 1.82) is 0 Å². The molecule has 3 N–H and O–H groups in total. The quantitative estimate of drug-likeness (QED) is 0.560. The molecular weight excluding hydrogens is 426 g/mol. The lowest BCUT2D eigenvalue weighted by Gasteiger charge is -2.49. The molecule has 4 atom stereocenters. The zero-order chi connectivity index (χ0) is 23.2. The molecule has 1 saturated carbocycles. The zero-order valence-corrected chi connectivity index (χ0v) is 19.1. The third-order valence-corrected chi connectivity index (χ3v) is 8.17. The van der Waals surface area contributed by atoms with Crippen molar-refractivity contribution in [3.8, 4) is 0 Å². The number of carbonyl (C=O) groups excluding carboxylic acids is 3. The van der Waals surface area contributed by atoms with Crippen LogP contribution >= 0.6 is 0 Å². The number of carbonyl (C=O) groups is 3. The number of nitrogens with one attached hydrogen (secondary N) is 2. The van der Waals surface area contributed by atoms with Gasteiger partial charge in [0.2, 0.25) is 11.8 Å². The lowest BCUT2D eigenvalue weighted by molar-refractivity contribution is -0.154. The standard InChI is InChI=1S/C23H33N5O5/c1-27-12-16(11-25-27)23(8-3-9-33-23)20(31)26-17-13-28(14-18(17)29)21(32)22(6-2-7-22)15-4-5-19(30)24-10-15/h11-12,15,17-18,29H,2-10,13-14H2,1H3,(H,24,30)(H,26,31)/t15?,17-,18-,23?/m1/s1. The number of piperidine rings is 1. The lowest BCUT2D eigenvalue weighted by atomic mass is 9.58. The number of likely N-dealkylation sites (tertiary alicyclic amines) is 1. The second kappa shape index (κ2) is 8.39. The molecule has 4 aliphatic rings. The summed E-state index contributed by atoms with van der Waals surface area (Å²) in [5.74, 6) is -0.0725. The summed E-state index contributed by atoms with van der Waals surface area (Å²) in [4.78, 5) is 40.3. The Bertz CT molecular complexity index is 925. The molecule has 5 rings (SSSR count). The Labute approximate surface area is 193 Å². The van der Waals surface area contributed by atoms with Crippen LogP contribution in [0.25, 0.3) is 0 Å². The van der Waals surface area contributed by atoms with Gasteiger partial charge in [-0.3, -0.25) is 19.1 Å². The Morgan fingerprint density at radius 1 is 1.27 bits per heavy atom. The summed E-state index contributed by atoms with van der Waals surface area (Å²) in [6.07, 6.45) is 7.71. The number of hydrogen-bond acceptors (Lipinski definition) is 6. The lowest BCUT2D eigenvalue weighted by Crippen LogP contribution is -2.56. The second-order valence-corrected chi connectivity index (χ2v) is 10.1. The van der Waals surface area contributed by atoms with Crippen LogP contribution in [0.3, 0.4) is 0 Å². The molecule has 1 aliphatic carbocycles. The van der Waals surface area contributed by atoms with E-state index in [0.717, 1.165) is 32.1 Å². The molecule has 10 heteroatoms. The third-order valence-electron chi connectivity index (χ3n) is 8.17. The zero-order valence-electron chi connectivity index (χ0n) is 19.1. The minimum atomic E-state index is -1.11. The number of aliphatic hydroxyl groups is 1. The van der Waals surface area contributed by atoms with E-state index >= 15 is 0 Å². The van der Waals surface area contributed by atoms with E-state index < -0.39 is 23.2 Å². The predicted octanol–water partition coefficient (Wildman–Crippen LogP) is -0.190. The van der Waals surface area contributed by atoms with E-state index in [9.17, 15) is 19.5 Å². The van der Waals surface area contributed by atoms with Gasteiger partial charge in [-0.25, -0.2) is 0 Å². The van der Waals surface area contributed by atoms with Gasteiger partial charge in [0, 0.05) is 51.5 Å². The van der Waals surface area contributed by atoms with Gasteiger partial charge in [0.15, 0.2) is 5.60 Å². The van der Waals surface area contributed by atoms with Crippen molar-refractivity contribution in [2.24, 2.45) is 18.4 Å². The van der Waals surface area contributed by atoms with E-state index in [0.29, 0.717) is 31.6 Å². The van der Waals surface area contributed by atoms with Crippen molar-refractivity contribution in [3.63, 3.8) is 0 Å². The summed E-state index contributed by atoms with van der Waals surface area (Å²) in [7, 11) is 1.79. The molecular formula is C23H33N5O5. The van der Waals surface area contributed by atoms with Gasteiger partial charge in [0.1, 0.15) is 0 Å². The second-order valence-electron chi connectivity index (χ2n) is 10.1. The van der Waals surface area contributed by atoms with Crippen LogP contribution < -0.4 is 10.6 Å². The normalized spacial score (nSPS) is 33.5. The molecule has 0 bridgehead atoms. The van der Waals surface area contributed by atoms with Gasteiger partial charge >= 0.3 is 0 Å². The maximum absolute atomic E-state index is 13.6. The number of ether oxygens (including phenoxy) is 1. The maximum atomic E-state index is 13.6. The van der Waals surface area contributed by atoms with Crippen molar-refractivity contribution in [3.05, 3.63) is 18.0 Å². The smallest absolute Gasteiger partial charge is 0.257 e.